The van der Waals surface area contributed by atoms with Crippen LogP contribution in [-0.2, 0) is 4.74 Å². The number of hydrogen-bond donors (Lipinski definition) is 0. The summed E-state index contributed by atoms with van der Waals surface area (Å²) in [5.41, 5.74) is 2.49. The molecule has 0 unspecified atom stereocenters. The molecule has 0 bridgehead atoms. The fourth-order valence-electron chi connectivity index (χ4n) is 3.68. The molecule has 0 fully saturated rings. The Morgan fingerprint density at radius 3 is 2.46 bits per heavy atom. The predicted octanol–water partition coefficient (Wildman–Crippen LogP) is 5.92. The molecule has 0 radical (unpaired) electrons. The zero-order valence-corrected chi connectivity index (χ0v) is 20.2. The van der Waals surface area contributed by atoms with Gasteiger partial charge in [0.15, 0.2) is 11.5 Å². The SMILES string of the molecule is CCOC(=O)c1cccc(N=c2cc(-c3ccc(OC)c(OC)c3)oc3ccc(OCC)cc23)c1. The molecule has 0 aliphatic heterocycles. The Balaban J connectivity index is 1.91. The highest BCUT2D eigenvalue weighted by Crippen LogP contribution is 2.33. The maximum Gasteiger partial charge on any atom is 0.338 e. The van der Waals surface area contributed by atoms with E-state index in [1.54, 1.807) is 39.3 Å². The first-order valence-electron chi connectivity index (χ1n) is 11.3. The molecule has 0 N–H and O–H groups in total. The van der Waals surface area contributed by atoms with Gasteiger partial charge in [-0.3, -0.25) is 0 Å². The van der Waals surface area contributed by atoms with Crippen LogP contribution >= 0.6 is 0 Å². The number of methoxy groups -OCH3 is 2. The zero-order chi connectivity index (χ0) is 24.8. The molecule has 1 aromatic heterocycles. The van der Waals surface area contributed by atoms with Crippen LogP contribution < -0.4 is 19.6 Å². The molecule has 180 valence electrons. The molecule has 35 heavy (non-hydrogen) atoms. The van der Waals surface area contributed by atoms with Crippen LogP contribution in [0.25, 0.3) is 22.3 Å². The van der Waals surface area contributed by atoms with E-state index in [0.29, 0.717) is 58.4 Å². The highest BCUT2D eigenvalue weighted by Gasteiger charge is 2.12. The summed E-state index contributed by atoms with van der Waals surface area (Å²) in [5, 5.41) is 1.44. The summed E-state index contributed by atoms with van der Waals surface area (Å²) in [6.45, 7) is 4.55. The lowest BCUT2D eigenvalue weighted by Crippen LogP contribution is -2.05. The summed E-state index contributed by atoms with van der Waals surface area (Å²) in [4.78, 5) is 17.1. The number of hydrogen-bond acceptors (Lipinski definition) is 7. The van der Waals surface area contributed by atoms with Gasteiger partial charge in [-0.05, 0) is 68.4 Å². The first kappa shape index (κ1) is 23.9. The average molecular weight is 474 g/mol. The van der Waals surface area contributed by atoms with E-state index < -0.39 is 0 Å². The van der Waals surface area contributed by atoms with E-state index in [1.165, 1.54) is 0 Å². The monoisotopic (exact) mass is 473 g/mol. The summed E-state index contributed by atoms with van der Waals surface area (Å²) < 4.78 is 27.9. The minimum atomic E-state index is -0.387. The fraction of sp³-hybridized carbons (Fsp3) is 0.214. The summed E-state index contributed by atoms with van der Waals surface area (Å²) in [6, 6.07) is 20.1. The summed E-state index contributed by atoms with van der Waals surface area (Å²) >= 11 is 0. The van der Waals surface area contributed by atoms with Crippen LogP contribution in [0.5, 0.6) is 17.2 Å². The lowest BCUT2D eigenvalue weighted by Gasteiger charge is -2.11. The van der Waals surface area contributed by atoms with E-state index in [-0.39, 0.29) is 5.97 Å². The van der Waals surface area contributed by atoms with E-state index in [4.69, 9.17) is 28.4 Å². The van der Waals surface area contributed by atoms with Gasteiger partial charge in [-0.2, -0.15) is 0 Å². The Labute approximate surface area is 203 Å². The quantitative estimate of drug-likeness (QED) is 0.295. The second-order valence-corrected chi connectivity index (χ2v) is 7.54. The van der Waals surface area contributed by atoms with Crippen LogP contribution in [0.2, 0.25) is 0 Å². The normalized spacial score (nSPS) is 11.4. The van der Waals surface area contributed by atoms with Crippen LogP contribution in [0.4, 0.5) is 5.69 Å². The summed E-state index contributed by atoms with van der Waals surface area (Å²) in [7, 11) is 3.18. The molecule has 0 spiro atoms. The van der Waals surface area contributed by atoms with E-state index in [0.717, 1.165) is 10.9 Å². The van der Waals surface area contributed by atoms with Crippen molar-refractivity contribution >= 4 is 22.6 Å². The maximum atomic E-state index is 12.2. The second-order valence-electron chi connectivity index (χ2n) is 7.54. The zero-order valence-electron chi connectivity index (χ0n) is 20.2. The van der Waals surface area contributed by atoms with E-state index >= 15 is 0 Å². The van der Waals surface area contributed by atoms with Crippen LogP contribution in [0.15, 0.2) is 76.1 Å². The molecule has 3 aromatic carbocycles. The minimum Gasteiger partial charge on any atom is -0.494 e. The van der Waals surface area contributed by atoms with Crippen molar-refractivity contribution < 1.29 is 28.2 Å². The van der Waals surface area contributed by atoms with Crippen molar-refractivity contribution in [3.05, 3.63) is 77.7 Å². The molecule has 4 rings (SSSR count). The Morgan fingerprint density at radius 2 is 1.71 bits per heavy atom. The second kappa shape index (κ2) is 10.8. The van der Waals surface area contributed by atoms with E-state index in [2.05, 4.69) is 0 Å². The largest absolute Gasteiger partial charge is 0.494 e. The topological polar surface area (TPSA) is 79.5 Å². The Bertz CT molecular complexity index is 1420. The summed E-state index contributed by atoms with van der Waals surface area (Å²) in [6.07, 6.45) is 0. The van der Waals surface area contributed by atoms with Crippen molar-refractivity contribution in [3.63, 3.8) is 0 Å². The molecule has 0 saturated carbocycles. The van der Waals surface area contributed by atoms with Gasteiger partial charge in [-0.15, -0.1) is 0 Å². The van der Waals surface area contributed by atoms with Crippen molar-refractivity contribution in [1.82, 2.24) is 0 Å². The molecule has 0 aliphatic carbocycles. The van der Waals surface area contributed by atoms with Crippen molar-refractivity contribution in [1.29, 1.82) is 0 Å². The fourth-order valence-corrected chi connectivity index (χ4v) is 3.68. The lowest BCUT2D eigenvalue weighted by molar-refractivity contribution is 0.0526. The molecule has 0 aliphatic rings. The van der Waals surface area contributed by atoms with Crippen molar-refractivity contribution in [3.8, 4) is 28.6 Å². The van der Waals surface area contributed by atoms with Crippen LogP contribution in [0.3, 0.4) is 0 Å². The maximum absolute atomic E-state index is 12.2. The van der Waals surface area contributed by atoms with Gasteiger partial charge in [0.2, 0.25) is 0 Å². The highest BCUT2D eigenvalue weighted by molar-refractivity contribution is 5.90. The smallest absolute Gasteiger partial charge is 0.338 e. The number of ether oxygens (including phenoxy) is 4. The number of carbonyl (C=O) groups is 1. The molecule has 0 saturated heterocycles. The van der Waals surface area contributed by atoms with Gasteiger partial charge in [0.1, 0.15) is 17.1 Å². The van der Waals surface area contributed by atoms with Gasteiger partial charge in [0, 0.05) is 17.0 Å². The number of benzene rings is 3. The van der Waals surface area contributed by atoms with Gasteiger partial charge in [0.25, 0.3) is 0 Å². The number of nitrogens with zero attached hydrogens (tertiary/aromatic N) is 1. The van der Waals surface area contributed by atoms with Crippen molar-refractivity contribution in [2.45, 2.75) is 13.8 Å². The van der Waals surface area contributed by atoms with Crippen molar-refractivity contribution in [2.24, 2.45) is 4.99 Å². The van der Waals surface area contributed by atoms with Gasteiger partial charge < -0.3 is 23.4 Å². The Hall–Kier alpha value is -4.26. The van der Waals surface area contributed by atoms with Crippen LogP contribution in [0.1, 0.15) is 24.2 Å². The number of carbonyl (C=O) groups excluding carboxylic acids is 1. The molecule has 7 heteroatoms. The van der Waals surface area contributed by atoms with Crippen LogP contribution in [0, 0.1) is 0 Å². The van der Waals surface area contributed by atoms with Gasteiger partial charge >= 0.3 is 5.97 Å². The highest BCUT2D eigenvalue weighted by atomic mass is 16.5. The van der Waals surface area contributed by atoms with E-state index in [1.807, 2.05) is 55.5 Å². The molecular weight excluding hydrogens is 446 g/mol. The third kappa shape index (κ3) is 5.30. The van der Waals surface area contributed by atoms with E-state index in [9.17, 15) is 4.79 Å². The van der Waals surface area contributed by atoms with Gasteiger partial charge in [-0.25, -0.2) is 9.79 Å². The van der Waals surface area contributed by atoms with Gasteiger partial charge in [-0.1, -0.05) is 6.07 Å². The molecule has 1 heterocycles. The van der Waals surface area contributed by atoms with Crippen molar-refractivity contribution in [2.75, 3.05) is 27.4 Å². The number of esters is 1. The standard InChI is InChI=1S/C28H27NO6/c1-5-33-21-11-13-24-22(16-21)23(29-20-9-7-8-19(14-20)28(30)34-6-2)17-26(35-24)18-10-12-25(31-3)27(15-18)32-4/h7-17H,5-6H2,1-4H3. The average Bonchev–Trinajstić information content (AvgIpc) is 2.89. The number of fused-ring (bicyclic) bond motifs is 1. The molecule has 0 amide bonds. The first-order chi connectivity index (χ1) is 17.1. The Kier molecular flexibility index (Phi) is 7.35. The Morgan fingerprint density at radius 1 is 0.886 bits per heavy atom. The molecular formula is C28H27NO6. The third-order valence-electron chi connectivity index (χ3n) is 5.30. The third-order valence-corrected chi connectivity index (χ3v) is 5.30. The lowest BCUT2D eigenvalue weighted by atomic mass is 10.1. The molecule has 0 atom stereocenters. The predicted molar refractivity (Wildman–Crippen MR) is 134 cm³/mol. The minimum absolute atomic E-state index is 0.305. The van der Waals surface area contributed by atoms with Crippen LogP contribution in [-0.4, -0.2) is 33.4 Å². The molecule has 7 nitrogen and oxygen atoms in total. The molecule has 4 aromatic rings. The van der Waals surface area contributed by atoms with Gasteiger partial charge in [0.05, 0.1) is 44.0 Å². The summed E-state index contributed by atoms with van der Waals surface area (Å²) in [5.74, 6) is 2.14. The number of rotatable bonds is 8. The first-order valence-corrected chi connectivity index (χ1v) is 11.3.